The maximum Gasteiger partial charge on any atom is 0.315 e. The molecule has 2 heterocycles. The summed E-state index contributed by atoms with van der Waals surface area (Å²) in [7, 11) is 0. The summed E-state index contributed by atoms with van der Waals surface area (Å²) in [5, 5.41) is 15.5. The van der Waals surface area contributed by atoms with Crippen molar-refractivity contribution in [2.45, 2.75) is 57.5 Å². The lowest BCUT2D eigenvalue weighted by Gasteiger charge is -2.28. The third-order valence-electron chi connectivity index (χ3n) is 5.18. The Morgan fingerprint density at radius 2 is 1.96 bits per heavy atom. The van der Waals surface area contributed by atoms with Crippen LogP contribution < -0.4 is 15.5 Å². The molecule has 0 radical (unpaired) electrons. The highest BCUT2D eigenvalue weighted by atomic mass is 16.3. The number of carbonyl (C=O) groups excluding carboxylic acids is 1. The number of urea groups is 1. The summed E-state index contributed by atoms with van der Waals surface area (Å²) < 4.78 is 0. The van der Waals surface area contributed by atoms with Crippen molar-refractivity contribution in [1.82, 2.24) is 15.6 Å². The van der Waals surface area contributed by atoms with E-state index in [2.05, 4.69) is 20.5 Å². The molecule has 3 N–H and O–H groups in total. The van der Waals surface area contributed by atoms with Crippen molar-refractivity contribution >= 4 is 11.8 Å². The van der Waals surface area contributed by atoms with Gasteiger partial charge in [-0.3, -0.25) is 0 Å². The van der Waals surface area contributed by atoms with Gasteiger partial charge in [-0.15, -0.1) is 0 Å². The molecule has 1 aliphatic heterocycles. The molecule has 132 valence electrons. The van der Waals surface area contributed by atoms with Crippen molar-refractivity contribution in [3.8, 4) is 0 Å². The highest BCUT2D eigenvalue weighted by molar-refractivity contribution is 5.75. The van der Waals surface area contributed by atoms with Gasteiger partial charge in [-0.25, -0.2) is 9.78 Å². The van der Waals surface area contributed by atoms with E-state index in [9.17, 15) is 9.90 Å². The molecule has 0 aromatic carbocycles. The summed E-state index contributed by atoms with van der Waals surface area (Å²) in [5.41, 5.74) is 1.60. The fourth-order valence-corrected chi connectivity index (χ4v) is 3.75. The lowest BCUT2D eigenvalue weighted by Crippen LogP contribution is -2.52. The van der Waals surface area contributed by atoms with E-state index >= 15 is 0 Å². The number of aliphatic hydroxyl groups is 1. The van der Waals surface area contributed by atoms with Crippen LogP contribution in [-0.2, 0) is 6.54 Å². The molecule has 1 saturated heterocycles. The average Bonchev–Trinajstić information content (AvgIpc) is 3.26. The van der Waals surface area contributed by atoms with Crippen molar-refractivity contribution in [3.05, 3.63) is 23.4 Å². The topological polar surface area (TPSA) is 77.5 Å². The standard InChI is InChI=1S/C18H28N4O2/c1-14-6-7-15(16(20-14)22-10-4-5-11-22)12-19-17(24)21-18(13-23)8-2-3-9-18/h6-7,23H,2-5,8-13H2,1H3,(H2,19,21,24). The van der Waals surface area contributed by atoms with E-state index in [1.165, 1.54) is 12.8 Å². The molecule has 2 amide bonds. The Bertz CT molecular complexity index is 578. The van der Waals surface area contributed by atoms with E-state index < -0.39 is 5.54 Å². The number of aromatic nitrogens is 1. The van der Waals surface area contributed by atoms with Gasteiger partial charge in [-0.2, -0.15) is 0 Å². The minimum atomic E-state index is -0.437. The summed E-state index contributed by atoms with van der Waals surface area (Å²) in [6.45, 7) is 4.51. The first kappa shape index (κ1) is 17.0. The van der Waals surface area contributed by atoms with Gasteiger partial charge in [0.2, 0.25) is 0 Å². The molecule has 1 aromatic heterocycles. The number of amides is 2. The normalized spacial score (nSPS) is 19.5. The van der Waals surface area contributed by atoms with Gasteiger partial charge in [-0.1, -0.05) is 18.9 Å². The zero-order valence-corrected chi connectivity index (χ0v) is 14.5. The first-order valence-corrected chi connectivity index (χ1v) is 9.00. The van der Waals surface area contributed by atoms with Gasteiger partial charge in [0.1, 0.15) is 5.82 Å². The number of nitrogens with one attached hydrogen (secondary N) is 2. The van der Waals surface area contributed by atoms with E-state index in [0.29, 0.717) is 6.54 Å². The fraction of sp³-hybridized carbons (Fsp3) is 0.667. The van der Waals surface area contributed by atoms with Gasteiger partial charge in [-0.05, 0) is 38.7 Å². The summed E-state index contributed by atoms with van der Waals surface area (Å²) in [4.78, 5) is 19.2. The molecule has 0 unspecified atom stereocenters. The molecular weight excluding hydrogens is 304 g/mol. The largest absolute Gasteiger partial charge is 0.394 e. The van der Waals surface area contributed by atoms with Gasteiger partial charge in [0.15, 0.2) is 0 Å². The van der Waals surface area contributed by atoms with Crippen LogP contribution in [0.4, 0.5) is 10.6 Å². The van der Waals surface area contributed by atoms with E-state index in [1.54, 1.807) is 0 Å². The second-order valence-electron chi connectivity index (χ2n) is 7.08. The molecule has 6 heteroatoms. The molecule has 0 bridgehead atoms. The van der Waals surface area contributed by atoms with Crippen LogP contribution in [0.1, 0.15) is 49.8 Å². The van der Waals surface area contributed by atoms with E-state index in [4.69, 9.17) is 0 Å². The average molecular weight is 332 g/mol. The molecule has 0 atom stereocenters. The summed E-state index contributed by atoms with van der Waals surface area (Å²) in [6, 6.07) is 3.83. The van der Waals surface area contributed by atoms with Gasteiger partial charge >= 0.3 is 6.03 Å². The van der Waals surface area contributed by atoms with Crippen LogP contribution in [0, 0.1) is 6.92 Å². The Balaban J connectivity index is 1.62. The zero-order chi connectivity index (χ0) is 17.0. The predicted molar refractivity (Wildman–Crippen MR) is 94.1 cm³/mol. The Labute approximate surface area is 143 Å². The summed E-state index contributed by atoms with van der Waals surface area (Å²) >= 11 is 0. The predicted octanol–water partition coefficient (Wildman–Crippen LogP) is 2.09. The number of aryl methyl sites for hydroxylation is 1. The van der Waals surface area contributed by atoms with E-state index in [1.807, 2.05) is 19.1 Å². The third-order valence-corrected chi connectivity index (χ3v) is 5.18. The second-order valence-corrected chi connectivity index (χ2v) is 7.08. The first-order valence-electron chi connectivity index (χ1n) is 9.00. The molecule has 3 rings (SSSR count). The number of hydrogen-bond donors (Lipinski definition) is 3. The minimum absolute atomic E-state index is 0.00549. The minimum Gasteiger partial charge on any atom is -0.394 e. The number of pyridine rings is 1. The maximum atomic E-state index is 12.3. The number of nitrogens with zero attached hydrogens (tertiary/aromatic N) is 2. The number of hydrogen-bond acceptors (Lipinski definition) is 4. The molecule has 1 aliphatic carbocycles. The van der Waals surface area contributed by atoms with Crippen LogP contribution in [0.2, 0.25) is 0 Å². The Kier molecular flexibility index (Phi) is 5.23. The van der Waals surface area contributed by atoms with Gasteiger partial charge < -0.3 is 20.6 Å². The fourth-order valence-electron chi connectivity index (χ4n) is 3.75. The Morgan fingerprint density at radius 3 is 2.62 bits per heavy atom. The molecular formula is C18H28N4O2. The van der Waals surface area contributed by atoms with Gasteiger partial charge in [0.05, 0.1) is 12.1 Å². The monoisotopic (exact) mass is 332 g/mol. The molecule has 0 spiro atoms. The molecule has 24 heavy (non-hydrogen) atoms. The molecule has 6 nitrogen and oxygen atoms in total. The lowest BCUT2D eigenvalue weighted by molar-refractivity contribution is 0.163. The van der Waals surface area contributed by atoms with Crippen LogP contribution in [0.3, 0.4) is 0 Å². The van der Waals surface area contributed by atoms with Crippen LogP contribution in [0.15, 0.2) is 12.1 Å². The van der Waals surface area contributed by atoms with Crippen LogP contribution in [0.5, 0.6) is 0 Å². The Hall–Kier alpha value is -1.82. The molecule has 2 aliphatic rings. The van der Waals surface area contributed by atoms with Crippen LogP contribution >= 0.6 is 0 Å². The smallest absolute Gasteiger partial charge is 0.315 e. The van der Waals surface area contributed by atoms with Gasteiger partial charge in [0.25, 0.3) is 0 Å². The van der Waals surface area contributed by atoms with Crippen molar-refractivity contribution < 1.29 is 9.90 Å². The summed E-state index contributed by atoms with van der Waals surface area (Å²) in [5.74, 6) is 0.991. The highest BCUT2D eigenvalue weighted by Crippen LogP contribution is 2.29. The van der Waals surface area contributed by atoms with Crippen molar-refractivity contribution in [3.63, 3.8) is 0 Å². The summed E-state index contributed by atoms with van der Waals surface area (Å²) in [6.07, 6.45) is 6.21. The number of rotatable bonds is 5. The van der Waals surface area contributed by atoms with E-state index in [-0.39, 0.29) is 12.6 Å². The Morgan fingerprint density at radius 1 is 1.25 bits per heavy atom. The number of aliphatic hydroxyl groups excluding tert-OH is 1. The van der Waals surface area contributed by atoms with Crippen molar-refractivity contribution in [2.24, 2.45) is 0 Å². The first-order chi connectivity index (χ1) is 11.6. The number of anilines is 1. The van der Waals surface area contributed by atoms with E-state index in [0.717, 1.165) is 55.8 Å². The van der Waals surface area contributed by atoms with Crippen molar-refractivity contribution in [1.29, 1.82) is 0 Å². The molecule has 1 aromatic rings. The zero-order valence-electron chi connectivity index (χ0n) is 14.5. The van der Waals surface area contributed by atoms with Crippen LogP contribution in [0.25, 0.3) is 0 Å². The lowest BCUT2D eigenvalue weighted by atomic mass is 9.99. The van der Waals surface area contributed by atoms with Crippen molar-refractivity contribution in [2.75, 3.05) is 24.6 Å². The molecule has 1 saturated carbocycles. The SMILES string of the molecule is Cc1ccc(CNC(=O)NC2(CO)CCCC2)c(N2CCCC2)n1. The highest BCUT2D eigenvalue weighted by Gasteiger charge is 2.34. The maximum absolute atomic E-state index is 12.3. The van der Waals surface area contributed by atoms with Crippen LogP contribution in [-0.4, -0.2) is 41.4 Å². The second kappa shape index (κ2) is 7.38. The molecule has 2 fully saturated rings. The quantitative estimate of drug-likeness (QED) is 0.772. The third kappa shape index (κ3) is 3.80. The van der Waals surface area contributed by atoms with Gasteiger partial charge in [0, 0.05) is 30.9 Å². The number of carbonyl (C=O) groups is 1.